The van der Waals surface area contributed by atoms with E-state index in [9.17, 15) is 5.11 Å². The molecule has 1 heterocycles. The first kappa shape index (κ1) is 12.9. The molecular formula is C18H19NO. The van der Waals surface area contributed by atoms with Crippen LogP contribution < -0.4 is 0 Å². The topological polar surface area (TPSA) is 32.6 Å². The van der Waals surface area contributed by atoms with Crippen molar-refractivity contribution < 1.29 is 5.11 Å². The molecule has 0 atom stereocenters. The zero-order valence-electron chi connectivity index (χ0n) is 11.9. The summed E-state index contributed by atoms with van der Waals surface area (Å²) in [7, 11) is 0. The van der Waals surface area contributed by atoms with E-state index in [1.807, 2.05) is 18.2 Å². The third-order valence-corrected chi connectivity index (χ3v) is 4.14. The number of fused-ring (bicyclic) bond motifs is 1. The standard InChI is InChI=1S/C18H19NO/c1-18(2)15-5-3-4-6-16(15)19-17(18)12-9-13-7-10-14(20)11-8-13/h3-8,10-11,20H,9,12H2,1-2H3. The Bertz CT molecular complexity index is 653. The number of rotatable bonds is 3. The Morgan fingerprint density at radius 2 is 1.65 bits per heavy atom. The lowest BCUT2D eigenvalue weighted by Crippen LogP contribution is -2.25. The molecule has 1 N–H and O–H groups in total. The van der Waals surface area contributed by atoms with E-state index in [1.165, 1.54) is 16.8 Å². The molecule has 2 aromatic rings. The average Bonchev–Trinajstić information content (AvgIpc) is 2.70. The van der Waals surface area contributed by atoms with Gasteiger partial charge in [0.2, 0.25) is 0 Å². The fourth-order valence-electron chi connectivity index (χ4n) is 2.83. The van der Waals surface area contributed by atoms with Gasteiger partial charge in [-0.15, -0.1) is 0 Å². The van der Waals surface area contributed by atoms with Crippen molar-refractivity contribution >= 4 is 11.4 Å². The van der Waals surface area contributed by atoms with Crippen LogP contribution in [0.2, 0.25) is 0 Å². The van der Waals surface area contributed by atoms with Crippen LogP contribution in [-0.2, 0) is 11.8 Å². The number of benzene rings is 2. The molecule has 0 aliphatic carbocycles. The van der Waals surface area contributed by atoms with Crippen LogP contribution in [0.4, 0.5) is 5.69 Å². The predicted octanol–water partition coefficient (Wildman–Crippen LogP) is 4.39. The van der Waals surface area contributed by atoms with Crippen LogP contribution in [0.3, 0.4) is 0 Å². The third kappa shape index (κ3) is 2.22. The van der Waals surface area contributed by atoms with Crippen LogP contribution in [0.25, 0.3) is 0 Å². The highest BCUT2D eigenvalue weighted by molar-refractivity contribution is 6.01. The van der Waals surface area contributed by atoms with Crippen molar-refractivity contribution in [3.8, 4) is 5.75 Å². The number of nitrogens with zero attached hydrogens (tertiary/aromatic N) is 1. The van der Waals surface area contributed by atoms with Gasteiger partial charge in [0.05, 0.1) is 5.69 Å². The second kappa shape index (κ2) is 4.78. The van der Waals surface area contributed by atoms with Crippen molar-refractivity contribution in [2.45, 2.75) is 32.1 Å². The predicted molar refractivity (Wildman–Crippen MR) is 83.0 cm³/mol. The smallest absolute Gasteiger partial charge is 0.115 e. The summed E-state index contributed by atoms with van der Waals surface area (Å²) in [5, 5.41) is 9.31. The molecule has 0 unspecified atom stereocenters. The molecule has 0 fully saturated rings. The lowest BCUT2D eigenvalue weighted by molar-refractivity contribution is 0.475. The summed E-state index contributed by atoms with van der Waals surface area (Å²) in [5.74, 6) is 0.319. The summed E-state index contributed by atoms with van der Waals surface area (Å²) < 4.78 is 0. The Morgan fingerprint density at radius 3 is 2.35 bits per heavy atom. The summed E-state index contributed by atoms with van der Waals surface area (Å²) in [5.41, 5.74) is 4.93. The maximum Gasteiger partial charge on any atom is 0.115 e. The minimum Gasteiger partial charge on any atom is -0.508 e. The zero-order valence-corrected chi connectivity index (χ0v) is 11.9. The number of hydrogen-bond acceptors (Lipinski definition) is 2. The molecule has 1 aliphatic rings. The van der Waals surface area contributed by atoms with Gasteiger partial charge in [0.1, 0.15) is 5.75 Å². The van der Waals surface area contributed by atoms with E-state index in [4.69, 9.17) is 4.99 Å². The van der Waals surface area contributed by atoms with E-state index in [0.29, 0.717) is 5.75 Å². The molecule has 0 bridgehead atoms. The van der Waals surface area contributed by atoms with E-state index in [0.717, 1.165) is 18.5 Å². The molecule has 0 saturated heterocycles. The summed E-state index contributed by atoms with van der Waals surface area (Å²) in [6, 6.07) is 15.8. The van der Waals surface area contributed by atoms with Gasteiger partial charge in [-0.1, -0.05) is 44.2 Å². The fourth-order valence-corrected chi connectivity index (χ4v) is 2.83. The van der Waals surface area contributed by atoms with E-state index < -0.39 is 0 Å². The number of phenols is 1. The van der Waals surface area contributed by atoms with Crippen LogP contribution in [0.15, 0.2) is 53.5 Å². The van der Waals surface area contributed by atoms with Gasteiger partial charge in [0.25, 0.3) is 0 Å². The first-order valence-electron chi connectivity index (χ1n) is 7.03. The number of hydrogen-bond donors (Lipinski definition) is 1. The Kier molecular flexibility index (Phi) is 3.09. The largest absolute Gasteiger partial charge is 0.508 e. The number of para-hydroxylation sites is 1. The zero-order chi connectivity index (χ0) is 14.2. The highest BCUT2D eigenvalue weighted by Crippen LogP contribution is 2.40. The van der Waals surface area contributed by atoms with Crippen LogP contribution >= 0.6 is 0 Å². The van der Waals surface area contributed by atoms with Crippen molar-refractivity contribution in [3.05, 3.63) is 59.7 Å². The molecule has 0 spiro atoms. The first-order chi connectivity index (χ1) is 9.57. The molecule has 102 valence electrons. The summed E-state index contributed by atoms with van der Waals surface area (Å²) >= 11 is 0. The normalized spacial score (nSPS) is 15.8. The third-order valence-electron chi connectivity index (χ3n) is 4.14. The fraction of sp³-hybridized carbons (Fsp3) is 0.278. The first-order valence-corrected chi connectivity index (χ1v) is 7.03. The Balaban J connectivity index is 1.78. The molecule has 0 saturated carbocycles. The van der Waals surface area contributed by atoms with Crippen molar-refractivity contribution in [2.75, 3.05) is 0 Å². The van der Waals surface area contributed by atoms with Crippen LogP contribution in [0.1, 0.15) is 31.4 Å². The number of aryl methyl sites for hydroxylation is 1. The molecule has 3 rings (SSSR count). The van der Waals surface area contributed by atoms with Crippen LogP contribution in [-0.4, -0.2) is 10.8 Å². The van der Waals surface area contributed by atoms with Gasteiger partial charge in [-0.05, 0) is 42.2 Å². The van der Waals surface area contributed by atoms with Crippen molar-refractivity contribution in [1.82, 2.24) is 0 Å². The van der Waals surface area contributed by atoms with Gasteiger partial charge in [-0.2, -0.15) is 0 Å². The van der Waals surface area contributed by atoms with Crippen molar-refractivity contribution in [2.24, 2.45) is 4.99 Å². The molecule has 2 heteroatoms. The number of aromatic hydroxyl groups is 1. The van der Waals surface area contributed by atoms with E-state index in [2.05, 4.69) is 32.0 Å². The van der Waals surface area contributed by atoms with Gasteiger partial charge in [-0.25, -0.2) is 0 Å². The summed E-state index contributed by atoms with van der Waals surface area (Å²) in [6.07, 6.45) is 1.91. The van der Waals surface area contributed by atoms with E-state index in [-0.39, 0.29) is 5.41 Å². The monoisotopic (exact) mass is 265 g/mol. The van der Waals surface area contributed by atoms with Gasteiger partial charge in [0, 0.05) is 11.1 Å². The highest BCUT2D eigenvalue weighted by atomic mass is 16.3. The summed E-state index contributed by atoms with van der Waals surface area (Å²) in [4.78, 5) is 4.80. The lowest BCUT2D eigenvalue weighted by atomic mass is 9.79. The Morgan fingerprint density at radius 1 is 0.950 bits per heavy atom. The summed E-state index contributed by atoms with van der Waals surface area (Å²) in [6.45, 7) is 4.49. The molecule has 2 nitrogen and oxygen atoms in total. The van der Waals surface area contributed by atoms with E-state index >= 15 is 0 Å². The number of aliphatic imine (C=N–C) groups is 1. The maximum absolute atomic E-state index is 9.31. The average molecular weight is 265 g/mol. The molecule has 0 aromatic heterocycles. The molecule has 0 amide bonds. The minimum absolute atomic E-state index is 0.0213. The highest BCUT2D eigenvalue weighted by Gasteiger charge is 2.33. The molecule has 1 aliphatic heterocycles. The second-order valence-electron chi connectivity index (χ2n) is 5.87. The minimum atomic E-state index is 0.0213. The Hall–Kier alpha value is -2.09. The molecule has 0 radical (unpaired) electrons. The maximum atomic E-state index is 9.31. The van der Waals surface area contributed by atoms with Gasteiger partial charge in [0.15, 0.2) is 0 Å². The number of phenolic OH excluding ortho intramolecular Hbond substituents is 1. The van der Waals surface area contributed by atoms with Gasteiger partial charge >= 0.3 is 0 Å². The molecule has 2 aromatic carbocycles. The van der Waals surface area contributed by atoms with Crippen LogP contribution in [0.5, 0.6) is 5.75 Å². The second-order valence-corrected chi connectivity index (χ2v) is 5.87. The van der Waals surface area contributed by atoms with Crippen LogP contribution in [0, 0.1) is 0 Å². The van der Waals surface area contributed by atoms with Crippen molar-refractivity contribution in [3.63, 3.8) is 0 Å². The quantitative estimate of drug-likeness (QED) is 0.877. The molecular weight excluding hydrogens is 246 g/mol. The van der Waals surface area contributed by atoms with Gasteiger partial charge < -0.3 is 5.11 Å². The van der Waals surface area contributed by atoms with E-state index in [1.54, 1.807) is 12.1 Å². The SMILES string of the molecule is CC1(C)C(CCc2ccc(O)cc2)=Nc2ccccc21. The van der Waals surface area contributed by atoms with Crippen molar-refractivity contribution in [1.29, 1.82) is 0 Å². The Labute approximate surface area is 119 Å². The molecule has 20 heavy (non-hydrogen) atoms. The lowest BCUT2D eigenvalue weighted by Gasteiger charge is -2.22. The van der Waals surface area contributed by atoms with Gasteiger partial charge in [-0.3, -0.25) is 4.99 Å².